The van der Waals surface area contributed by atoms with Gasteiger partial charge in [-0.3, -0.25) is 4.68 Å². The zero-order chi connectivity index (χ0) is 19.6. The third-order valence-electron chi connectivity index (χ3n) is 4.81. The first kappa shape index (κ1) is 18.9. The van der Waals surface area contributed by atoms with Gasteiger partial charge in [-0.15, -0.1) is 0 Å². The zero-order valence-corrected chi connectivity index (χ0v) is 16.4. The highest BCUT2D eigenvalue weighted by atomic mass is 16.4. The first-order valence-corrected chi connectivity index (χ1v) is 9.29. The van der Waals surface area contributed by atoms with Crippen LogP contribution in [0, 0.1) is 0 Å². The van der Waals surface area contributed by atoms with Crippen LogP contribution >= 0.6 is 0 Å². The molecule has 1 aromatic heterocycles. The van der Waals surface area contributed by atoms with Crippen molar-refractivity contribution < 1.29 is 9.90 Å². The second-order valence-corrected chi connectivity index (χ2v) is 7.81. The molecule has 0 spiro atoms. The minimum absolute atomic E-state index is 0.0720. The average molecular weight is 362 g/mol. The van der Waals surface area contributed by atoms with E-state index in [1.807, 2.05) is 41.9 Å². The highest BCUT2D eigenvalue weighted by molar-refractivity contribution is 5.89. The van der Waals surface area contributed by atoms with E-state index < -0.39 is 5.97 Å². The third kappa shape index (κ3) is 3.95. The Bertz CT molecular complexity index is 933. The minimum atomic E-state index is -0.980. The predicted octanol–water partition coefficient (Wildman–Crippen LogP) is 5.16. The Balaban J connectivity index is 2.13. The summed E-state index contributed by atoms with van der Waals surface area (Å²) >= 11 is 0. The number of aromatic carboxylic acids is 1. The number of carboxylic acid groups (broad SMARTS) is 1. The maximum Gasteiger partial charge on any atom is 0.356 e. The largest absolute Gasteiger partial charge is 0.476 e. The molecular formula is C23H26N2O2. The van der Waals surface area contributed by atoms with E-state index in [1.54, 1.807) is 0 Å². The zero-order valence-electron chi connectivity index (χ0n) is 16.4. The molecule has 3 rings (SSSR count). The Kier molecular flexibility index (Phi) is 5.17. The van der Waals surface area contributed by atoms with E-state index in [1.165, 1.54) is 5.56 Å². The molecule has 140 valence electrons. The van der Waals surface area contributed by atoms with Gasteiger partial charge >= 0.3 is 5.97 Å². The van der Waals surface area contributed by atoms with Crippen molar-refractivity contribution in [2.75, 3.05) is 0 Å². The van der Waals surface area contributed by atoms with Crippen LogP contribution < -0.4 is 0 Å². The molecule has 0 aliphatic heterocycles. The SMILES string of the molecule is CCc1c(C(=O)O)nn(Cc2ccccc2)c1-c1ccc(C(C)(C)C)cc1. The number of nitrogens with zero attached hydrogens (tertiary/aromatic N) is 2. The molecule has 3 aromatic rings. The summed E-state index contributed by atoms with van der Waals surface area (Å²) < 4.78 is 1.82. The van der Waals surface area contributed by atoms with Gasteiger partial charge in [0.25, 0.3) is 0 Å². The number of aromatic nitrogens is 2. The Morgan fingerprint density at radius 2 is 1.67 bits per heavy atom. The van der Waals surface area contributed by atoms with Gasteiger partial charge in [0.2, 0.25) is 0 Å². The molecule has 0 saturated heterocycles. The average Bonchev–Trinajstić information content (AvgIpc) is 3.00. The van der Waals surface area contributed by atoms with E-state index in [2.05, 4.69) is 50.1 Å². The van der Waals surface area contributed by atoms with Crippen molar-refractivity contribution in [1.29, 1.82) is 0 Å². The van der Waals surface area contributed by atoms with Crippen molar-refractivity contribution >= 4 is 5.97 Å². The molecule has 27 heavy (non-hydrogen) atoms. The fraction of sp³-hybridized carbons (Fsp3) is 0.304. The van der Waals surface area contributed by atoms with Gasteiger partial charge in [-0.05, 0) is 23.0 Å². The third-order valence-corrected chi connectivity index (χ3v) is 4.81. The van der Waals surface area contributed by atoms with E-state index in [0.29, 0.717) is 13.0 Å². The van der Waals surface area contributed by atoms with Gasteiger partial charge in [0.1, 0.15) is 0 Å². The monoisotopic (exact) mass is 362 g/mol. The van der Waals surface area contributed by atoms with Crippen molar-refractivity contribution in [2.45, 2.75) is 46.1 Å². The van der Waals surface area contributed by atoms with E-state index in [9.17, 15) is 9.90 Å². The first-order chi connectivity index (χ1) is 12.8. The lowest BCUT2D eigenvalue weighted by atomic mass is 9.86. The van der Waals surface area contributed by atoms with Crippen molar-refractivity contribution in [3.63, 3.8) is 0 Å². The molecule has 0 fully saturated rings. The lowest BCUT2D eigenvalue weighted by Gasteiger charge is -2.19. The molecular weight excluding hydrogens is 336 g/mol. The van der Waals surface area contributed by atoms with Crippen LogP contribution in [-0.4, -0.2) is 20.9 Å². The van der Waals surface area contributed by atoms with E-state index in [4.69, 9.17) is 0 Å². The van der Waals surface area contributed by atoms with Crippen LogP contribution in [0.5, 0.6) is 0 Å². The standard InChI is InChI=1S/C23H26N2O2/c1-5-19-20(22(26)27)24-25(15-16-9-7-6-8-10-16)21(19)17-11-13-18(14-12-17)23(2,3)4/h6-14H,5,15H2,1-4H3,(H,26,27). The summed E-state index contributed by atoms with van der Waals surface area (Å²) in [5.74, 6) is -0.980. The Labute approximate surface area is 160 Å². The molecule has 0 bridgehead atoms. The van der Waals surface area contributed by atoms with Crippen molar-refractivity contribution in [3.05, 3.63) is 77.0 Å². The second kappa shape index (κ2) is 7.39. The summed E-state index contributed by atoms with van der Waals surface area (Å²) in [6.07, 6.45) is 0.618. The fourth-order valence-corrected chi connectivity index (χ4v) is 3.33. The highest BCUT2D eigenvalue weighted by Crippen LogP contribution is 2.30. The smallest absolute Gasteiger partial charge is 0.356 e. The highest BCUT2D eigenvalue weighted by Gasteiger charge is 2.23. The normalized spacial score (nSPS) is 11.6. The molecule has 4 heteroatoms. The van der Waals surface area contributed by atoms with Gasteiger partial charge < -0.3 is 5.11 Å². The first-order valence-electron chi connectivity index (χ1n) is 9.29. The predicted molar refractivity (Wildman–Crippen MR) is 108 cm³/mol. The van der Waals surface area contributed by atoms with Gasteiger partial charge in [0, 0.05) is 11.1 Å². The lowest BCUT2D eigenvalue weighted by Crippen LogP contribution is -2.10. The number of benzene rings is 2. The van der Waals surface area contributed by atoms with Crippen LogP contribution in [0.3, 0.4) is 0 Å². The Morgan fingerprint density at radius 1 is 1.04 bits per heavy atom. The maximum absolute atomic E-state index is 11.7. The van der Waals surface area contributed by atoms with Gasteiger partial charge in [0.05, 0.1) is 12.2 Å². The molecule has 1 N–H and O–H groups in total. The summed E-state index contributed by atoms with van der Waals surface area (Å²) in [6.45, 7) is 9.06. The van der Waals surface area contributed by atoms with Crippen LogP contribution in [-0.2, 0) is 18.4 Å². The molecule has 0 atom stereocenters. The molecule has 0 saturated carbocycles. The van der Waals surface area contributed by atoms with Crippen LogP contribution in [0.2, 0.25) is 0 Å². The molecule has 4 nitrogen and oxygen atoms in total. The van der Waals surface area contributed by atoms with Crippen molar-refractivity contribution in [3.8, 4) is 11.3 Å². The molecule has 0 radical (unpaired) electrons. The topological polar surface area (TPSA) is 55.1 Å². The van der Waals surface area contributed by atoms with Gasteiger partial charge in [0.15, 0.2) is 5.69 Å². The quantitative estimate of drug-likeness (QED) is 0.682. The summed E-state index contributed by atoms with van der Waals surface area (Å²) in [6, 6.07) is 18.4. The lowest BCUT2D eigenvalue weighted by molar-refractivity contribution is 0.0688. The van der Waals surface area contributed by atoms with Gasteiger partial charge in [-0.25, -0.2) is 4.79 Å². The Hall–Kier alpha value is -2.88. The van der Waals surface area contributed by atoms with Crippen LogP contribution in [0.4, 0.5) is 0 Å². The maximum atomic E-state index is 11.7. The summed E-state index contributed by atoms with van der Waals surface area (Å²) in [4.78, 5) is 11.7. The number of rotatable bonds is 5. The summed E-state index contributed by atoms with van der Waals surface area (Å²) in [7, 11) is 0. The Morgan fingerprint density at radius 3 is 2.19 bits per heavy atom. The summed E-state index contributed by atoms with van der Waals surface area (Å²) in [5.41, 5.74) is 5.21. The molecule has 0 aliphatic rings. The molecule has 2 aromatic carbocycles. The van der Waals surface area contributed by atoms with Crippen LogP contribution in [0.1, 0.15) is 54.9 Å². The molecule has 0 aliphatic carbocycles. The van der Waals surface area contributed by atoms with Gasteiger partial charge in [-0.2, -0.15) is 5.10 Å². The second-order valence-electron chi connectivity index (χ2n) is 7.81. The van der Waals surface area contributed by atoms with Crippen molar-refractivity contribution in [2.24, 2.45) is 0 Å². The number of carbonyl (C=O) groups is 1. The number of hydrogen-bond acceptors (Lipinski definition) is 2. The minimum Gasteiger partial charge on any atom is -0.476 e. The molecule has 0 amide bonds. The number of hydrogen-bond donors (Lipinski definition) is 1. The van der Waals surface area contributed by atoms with Crippen LogP contribution in [0.25, 0.3) is 11.3 Å². The number of carboxylic acids is 1. The van der Waals surface area contributed by atoms with Crippen LogP contribution in [0.15, 0.2) is 54.6 Å². The summed E-state index contributed by atoms with van der Waals surface area (Å²) in [5, 5.41) is 14.1. The van der Waals surface area contributed by atoms with E-state index in [-0.39, 0.29) is 11.1 Å². The molecule has 1 heterocycles. The fourth-order valence-electron chi connectivity index (χ4n) is 3.33. The van der Waals surface area contributed by atoms with E-state index in [0.717, 1.165) is 22.4 Å². The van der Waals surface area contributed by atoms with Gasteiger partial charge in [-0.1, -0.05) is 82.3 Å². The van der Waals surface area contributed by atoms with Crippen molar-refractivity contribution in [1.82, 2.24) is 9.78 Å². The molecule has 0 unspecified atom stereocenters. The van der Waals surface area contributed by atoms with E-state index >= 15 is 0 Å².